The summed E-state index contributed by atoms with van der Waals surface area (Å²) >= 11 is -0.133. The van der Waals surface area contributed by atoms with E-state index in [0.29, 0.717) is 11.3 Å². The second-order valence-electron chi connectivity index (χ2n) is 5.29. The van der Waals surface area contributed by atoms with Crippen LogP contribution in [0.2, 0.25) is 0 Å². The average Bonchev–Trinajstić information content (AvgIpc) is 2.77. The number of benzene rings is 1. The summed E-state index contributed by atoms with van der Waals surface area (Å²) in [6.45, 7) is 3.95. The molecule has 2 aromatic heterocycles. The Morgan fingerprint density at radius 3 is 2.57 bits per heavy atom. The van der Waals surface area contributed by atoms with Crippen LogP contribution < -0.4 is 0 Å². The zero-order chi connectivity index (χ0) is 16.8. The number of thioether (sulfide) groups is 1. The van der Waals surface area contributed by atoms with Gasteiger partial charge in [-0.15, -0.1) is 0 Å². The Balaban J connectivity index is 2.13. The second-order valence-corrected chi connectivity index (χ2v) is 6.43. The van der Waals surface area contributed by atoms with Crippen molar-refractivity contribution in [2.24, 2.45) is 7.05 Å². The van der Waals surface area contributed by atoms with Crippen molar-refractivity contribution < 1.29 is 13.2 Å². The number of pyridine rings is 1. The Kier molecular flexibility index (Phi) is 3.83. The summed E-state index contributed by atoms with van der Waals surface area (Å²) in [5.74, 6) is 0.648. The summed E-state index contributed by atoms with van der Waals surface area (Å²) in [6, 6.07) is 6.50. The van der Waals surface area contributed by atoms with Gasteiger partial charge in [-0.25, -0.2) is 4.98 Å². The van der Waals surface area contributed by atoms with Gasteiger partial charge in [0.2, 0.25) is 0 Å². The van der Waals surface area contributed by atoms with Crippen LogP contribution in [0.1, 0.15) is 11.1 Å². The molecule has 0 bridgehead atoms. The number of halogens is 3. The monoisotopic (exact) mass is 337 g/mol. The summed E-state index contributed by atoms with van der Waals surface area (Å²) in [6.07, 6.45) is 1.71. The highest BCUT2D eigenvalue weighted by Gasteiger charge is 2.29. The molecule has 0 aliphatic rings. The van der Waals surface area contributed by atoms with Crippen LogP contribution in [-0.4, -0.2) is 20.0 Å². The second kappa shape index (κ2) is 5.56. The highest BCUT2D eigenvalue weighted by molar-refractivity contribution is 8.00. The third kappa shape index (κ3) is 3.06. The van der Waals surface area contributed by atoms with Gasteiger partial charge in [0.05, 0.1) is 11.0 Å². The van der Waals surface area contributed by atoms with Crippen molar-refractivity contribution in [3.05, 3.63) is 41.6 Å². The number of hydrogen-bond donors (Lipinski definition) is 0. The molecule has 3 rings (SSSR count). The SMILES string of the molecule is Cc1ccnc(-c2nc3cc(SC(F)(F)F)ccc3n2C)c1C. The van der Waals surface area contributed by atoms with Gasteiger partial charge in [-0.3, -0.25) is 4.98 Å². The zero-order valence-electron chi connectivity index (χ0n) is 12.8. The Morgan fingerprint density at radius 2 is 1.87 bits per heavy atom. The van der Waals surface area contributed by atoms with Gasteiger partial charge in [-0.1, -0.05) is 0 Å². The molecular weight excluding hydrogens is 323 g/mol. The van der Waals surface area contributed by atoms with Crippen LogP contribution in [0.4, 0.5) is 13.2 Å². The van der Waals surface area contributed by atoms with Gasteiger partial charge in [-0.05, 0) is 61.0 Å². The number of nitrogens with zero attached hydrogens (tertiary/aromatic N) is 3. The minimum atomic E-state index is -4.31. The molecule has 0 radical (unpaired) electrons. The van der Waals surface area contributed by atoms with Crippen molar-refractivity contribution >= 4 is 22.8 Å². The molecule has 23 heavy (non-hydrogen) atoms. The van der Waals surface area contributed by atoms with Crippen LogP contribution in [0.25, 0.3) is 22.6 Å². The van der Waals surface area contributed by atoms with Crippen molar-refractivity contribution in [3.63, 3.8) is 0 Å². The third-order valence-electron chi connectivity index (χ3n) is 3.77. The minimum absolute atomic E-state index is 0.128. The van der Waals surface area contributed by atoms with E-state index in [1.165, 1.54) is 12.1 Å². The van der Waals surface area contributed by atoms with Crippen molar-refractivity contribution in [2.75, 3.05) is 0 Å². The van der Waals surface area contributed by atoms with Gasteiger partial charge in [-0.2, -0.15) is 13.2 Å². The molecule has 0 saturated heterocycles. The van der Waals surface area contributed by atoms with E-state index in [9.17, 15) is 13.2 Å². The molecule has 0 N–H and O–H groups in total. The maximum Gasteiger partial charge on any atom is 0.446 e. The van der Waals surface area contributed by atoms with E-state index in [-0.39, 0.29) is 16.7 Å². The van der Waals surface area contributed by atoms with E-state index < -0.39 is 5.51 Å². The van der Waals surface area contributed by atoms with Gasteiger partial charge in [0.15, 0.2) is 5.82 Å². The first-order chi connectivity index (χ1) is 10.8. The largest absolute Gasteiger partial charge is 0.446 e. The lowest BCUT2D eigenvalue weighted by atomic mass is 10.1. The molecule has 3 aromatic rings. The van der Waals surface area contributed by atoms with Gasteiger partial charge in [0.1, 0.15) is 5.69 Å². The average molecular weight is 337 g/mol. The molecule has 1 aromatic carbocycles. The normalized spacial score (nSPS) is 12.1. The van der Waals surface area contributed by atoms with Crippen LogP contribution in [0.15, 0.2) is 35.4 Å². The van der Waals surface area contributed by atoms with E-state index in [1.54, 1.807) is 12.3 Å². The minimum Gasteiger partial charge on any atom is -0.326 e. The van der Waals surface area contributed by atoms with Gasteiger partial charge in [0.25, 0.3) is 0 Å². The first-order valence-corrected chi connectivity index (χ1v) is 7.73. The molecule has 7 heteroatoms. The molecule has 2 heterocycles. The lowest BCUT2D eigenvalue weighted by Gasteiger charge is -2.07. The van der Waals surface area contributed by atoms with E-state index >= 15 is 0 Å². The topological polar surface area (TPSA) is 30.7 Å². The van der Waals surface area contributed by atoms with Crippen molar-refractivity contribution in [1.29, 1.82) is 0 Å². The van der Waals surface area contributed by atoms with Crippen LogP contribution in [0.3, 0.4) is 0 Å². The Bertz CT molecular complexity index is 884. The first-order valence-electron chi connectivity index (χ1n) is 6.91. The lowest BCUT2D eigenvalue weighted by Crippen LogP contribution is -1.99. The van der Waals surface area contributed by atoms with Gasteiger partial charge < -0.3 is 4.57 Å². The van der Waals surface area contributed by atoms with Crippen molar-refractivity contribution in [1.82, 2.24) is 14.5 Å². The highest BCUT2D eigenvalue weighted by Crippen LogP contribution is 2.38. The molecule has 0 atom stereocenters. The summed E-state index contributed by atoms with van der Waals surface area (Å²) < 4.78 is 39.4. The van der Waals surface area contributed by atoms with Crippen LogP contribution in [0.5, 0.6) is 0 Å². The molecule has 0 aliphatic carbocycles. The van der Waals surface area contributed by atoms with E-state index in [0.717, 1.165) is 22.3 Å². The quantitative estimate of drug-likeness (QED) is 0.626. The third-order valence-corrected chi connectivity index (χ3v) is 4.49. The van der Waals surface area contributed by atoms with Crippen molar-refractivity contribution in [2.45, 2.75) is 24.3 Å². The number of fused-ring (bicyclic) bond motifs is 1. The molecule has 0 saturated carbocycles. The van der Waals surface area contributed by atoms with E-state index in [1.807, 2.05) is 31.5 Å². The molecule has 0 spiro atoms. The van der Waals surface area contributed by atoms with Crippen molar-refractivity contribution in [3.8, 4) is 11.5 Å². The lowest BCUT2D eigenvalue weighted by molar-refractivity contribution is -0.0328. The highest BCUT2D eigenvalue weighted by atomic mass is 32.2. The van der Waals surface area contributed by atoms with Gasteiger partial charge >= 0.3 is 5.51 Å². The summed E-state index contributed by atoms with van der Waals surface area (Å²) in [7, 11) is 1.84. The summed E-state index contributed by atoms with van der Waals surface area (Å²) in [4.78, 5) is 9.00. The Morgan fingerprint density at radius 1 is 1.13 bits per heavy atom. The standard InChI is InChI=1S/C16H14F3N3S/c1-9-6-7-20-14(10(9)2)15-21-12-8-11(23-16(17,18)19)4-5-13(12)22(15)3/h4-8H,1-3H3. The molecule has 0 unspecified atom stereocenters. The Hall–Kier alpha value is -2.02. The van der Waals surface area contributed by atoms with Crippen LogP contribution in [0, 0.1) is 13.8 Å². The Labute approximate surface area is 135 Å². The fourth-order valence-corrected chi connectivity index (χ4v) is 3.02. The molecule has 3 nitrogen and oxygen atoms in total. The van der Waals surface area contributed by atoms with E-state index in [2.05, 4.69) is 9.97 Å². The molecule has 0 fully saturated rings. The number of rotatable bonds is 2. The maximum atomic E-state index is 12.5. The predicted molar refractivity (Wildman–Crippen MR) is 85.3 cm³/mol. The predicted octanol–water partition coefficient (Wildman–Crippen LogP) is 4.86. The number of imidazole rings is 1. The molecule has 120 valence electrons. The zero-order valence-corrected chi connectivity index (χ0v) is 13.6. The van der Waals surface area contributed by atoms with Crippen LogP contribution >= 0.6 is 11.8 Å². The summed E-state index contributed by atoms with van der Waals surface area (Å²) in [5.41, 5.74) is -0.159. The molecule has 0 amide bonds. The summed E-state index contributed by atoms with van der Waals surface area (Å²) in [5, 5.41) is 0. The fraction of sp³-hybridized carbons (Fsp3) is 0.250. The maximum absolute atomic E-state index is 12.5. The molecular formula is C16H14F3N3S. The number of hydrogen-bond acceptors (Lipinski definition) is 3. The van der Waals surface area contributed by atoms with Crippen LogP contribution in [-0.2, 0) is 7.05 Å². The smallest absolute Gasteiger partial charge is 0.326 e. The van der Waals surface area contributed by atoms with E-state index in [4.69, 9.17) is 0 Å². The van der Waals surface area contributed by atoms with Gasteiger partial charge in [0, 0.05) is 18.1 Å². The fourth-order valence-electron chi connectivity index (χ4n) is 2.45. The number of aromatic nitrogens is 3. The number of aryl methyl sites for hydroxylation is 2. The number of alkyl halides is 3. The first kappa shape index (κ1) is 15.9. The molecule has 0 aliphatic heterocycles.